The molecule has 3 heteroatoms. The van der Waals surface area contributed by atoms with Crippen LogP contribution in [0.25, 0.3) is 0 Å². The number of aryl methyl sites for hydroxylation is 1. The van der Waals surface area contributed by atoms with E-state index >= 15 is 0 Å². The minimum atomic E-state index is 0.148. The van der Waals surface area contributed by atoms with Crippen LogP contribution in [0, 0.1) is 13.8 Å². The standard InChI is InChI=1S/C13H19NO2.C2H6/c1-4-14-8-13(16)7-11-6-12(15)5-9(2)10(11)3;1-2/h5-6,14-15H,4,7-8H2,1-3H3;1-2H3. The lowest BCUT2D eigenvalue weighted by Gasteiger charge is -2.09. The molecule has 0 aliphatic rings. The Morgan fingerprint density at radius 1 is 1.28 bits per heavy atom. The van der Waals surface area contributed by atoms with E-state index in [-0.39, 0.29) is 11.5 Å². The fourth-order valence-corrected chi connectivity index (χ4v) is 1.63. The SMILES string of the molecule is CC.CCNCC(=O)Cc1cc(O)cc(C)c1C. The first kappa shape index (κ1) is 16.6. The van der Waals surface area contributed by atoms with E-state index in [1.165, 1.54) is 0 Å². The molecule has 0 heterocycles. The number of ketones is 1. The van der Waals surface area contributed by atoms with Crippen LogP contribution >= 0.6 is 0 Å². The molecule has 0 fully saturated rings. The molecule has 0 amide bonds. The van der Waals surface area contributed by atoms with E-state index < -0.39 is 0 Å². The Labute approximate surface area is 110 Å². The minimum Gasteiger partial charge on any atom is -0.508 e. The summed E-state index contributed by atoms with van der Waals surface area (Å²) in [4.78, 5) is 11.6. The number of likely N-dealkylation sites (N-methyl/N-ethyl adjacent to an activating group) is 1. The summed E-state index contributed by atoms with van der Waals surface area (Å²) >= 11 is 0. The second kappa shape index (κ2) is 8.70. The van der Waals surface area contributed by atoms with Crippen molar-refractivity contribution in [3.8, 4) is 5.75 Å². The number of hydrogen-bond acceptors (Lipinski definition) is 3. The summed E-state index contributed by atoms with van der Waals surface area (Å²) in [6.45, 7) is 11.1. The van der Waals surface area contributed by atoms with Crippen LogP contribution < -0.4 is 5.32 Å². The number of aromatic hydroxyl groups is 1. The van der Waals surface area contributed by atoms with Gasteiger partial charge in [-0.25, -0.2) is 0 Å². The van der Waals surface area contributed by atoms with Crippen molar-refractivity contribution in [2.45, 2.75) is 41.0 Å². The van der Waals surface area contributed by atoms with Crippen molar-refractivity contribution in [2.75, 3.05) is 13.1 Å². The predicted molar refractivity (Wildman–Crippen MR) is 76.2 cm³/mol. The van der Waals surface area contributed by atoms with E-state index in [9.17, 15) is 9.90 Å². The topological polar surface area (TPSA) is 49.3 Å². The summed E-state index contributed by atoms with van der Waals surface area (Å²) in [6.07, 6.45) is 0.383. The first-order valence-electron chi connectivity index (χ1n) is 6.56. The second-order valence-electron chi connectivity index (χ2n) is 4.04. The zero-order valence-electron chi connectivity index (χ0n) is 12.1. The lowest BCUT2D eigenvalue weighted by molar-refractivity contribution is -0.117. The zero-order chi connectivity index (χ0) is 14.1. The lowest BCUT2D eigenvalue weighted by Crippen LogP contribution is -2.24. The number of carbonyl (C=O) groups is 1. The molecule has 0 aliphatic heterocycles. The number of benzene rings is 1. The average Bonchev–Trinajstić information content (AvgIpc) is 2.35. The smallest absolute Gasteiger partial charge is 0.150 e. The highest BCUT2D eigenvalue weighted by Crippen LogP contribution is 2.20. The number of nitrogens with one attached hydrogen (secondary N) is 1. The molecule has 1 rings (SSSR count). The molecule has 0 atom stereocenters. The summed E-state index contributed by atoms with van der Waals surface area (Å²) in [6, 6.07) is 3.39. The third-order valence-corrected chi connectivity index (χ3v) is 2.72. The zero-order valence-corrected chi connectivity index (χ0v) is 12.1. The number of phenolic OH excluding ortho intramolecular Hbond substituents is 1. The van der Waals surface area contributed by atoms with Crippen LogP contribution in [-0.4, -0.2) is 24.0 Å². The third kappa shape index (κ3) is 5.32. The second-order valence-corrected chi connectivity index (χ2v) is 4.04. The molecule has 0 saturated carbocycles. The molecular formula is C15H25NO2. The van der Waals surface area contributed by atoms with Crippen molar-refractivity contribution in [1.82, 2.24) is 5.32 Å². The van der Waals surface area contributed by atoms with Crippen molar-refractivity contribution in [1.29, 1.82) is 0 Å². The number of Topliss-reactive ketones (excluding diaryl/α,β-unsaturated/α-hetero) is 1. The van der Waals surface area contributed by atoms with Crippen molar-refractivity contribution < 1.29 is 9.90 Å². The maximum absolute atomic E-state index is 11.6. The van der Waals surface area contributed by atoms with E-state index in [4.69, 9.17) is 0 Å². The third-order valence-electron chi connectivity index (χ3n) is 2.72. The molecule has 0 radical (unpaired) electrons. The van der Waals surface area contributed by atoms with E-state index in [0.717, 1.165) is 23.2 Å². The van der Waals surface area contributed by atoms with Gasteiger partial charge in [-0.05, 0) is 49.2 Å². The van der Waals surface area contributed by atoms with E-state index in [2.05, 4.69) is 5.32 Å². The van der Waals surface area contributed by atoms with Crippen molar-refractivity contribution in [3.63, 3.8) is 0 Å². The van der Waals surface area contributed by atoms with Crippen LogP contribution in [0.1, 0.15) is 37.5 Å². The van der Waals surface area contributed by atoms with Crippen LogP contribution in [-0.2, 0) is 11.2 Å². The van der Waals surface area contributed by atoms with E-state index in [0.29, 0.717) is 13.0 Å². The Kier molecular flexibility index (Phi) is 8.05. The van der Waals surface area contributed by atoms with E-state index in [1.807, 2.05) is 34.6 Å². The van der Waals surface area contributed by atoms with Gasteiger partial charge in [-0.3, -0.25) is 4.79 Å². The molecular weight excluding hydrogens is 226 g/mol. The molecule has 0 spiro atoms. The molecule has 18 heavy (non-hydrogen) atoms. The molecule has 2 N–H and O–H groups in total. The quantitative estimate of drug-likeness (QED) is 0.846. The first-order valence-corrected chi connectivity index (χ1v) is 6.56. The lowest BCUT2D eigenvalue weighted by atomic mass is 9.98. The van der Waals surface area contributed by atoms with Crippen LogP contribution in [0.4, 0.5) is 0 Å². The van der Waals surface area contributed by atoms with Gasteiger partial charge in [0.2, 0.25) is 0 Å². The summed E-state index contributed by atoms with van der Waals surface area (Å²) < 4.78 is 0. The van der Waals surface area contributed by atoms with Gasteiger partial charge in [-0.1, -0.05) is 20.8 Å². The normalized spacial score (nSPS) is 9.61. The van der Waals surface area contributed by atoms with Crippen molar-refractivity contribution in [3.05, 3.63) is 28.8 Å². The number of carbonyl (C=O) groups excluding carboxylic acids is 1. The maximum Gasteiger partial charge on any atom is 0.150 e. The maximum atomic E-state index is 11.6. The minimum absolute atomic E-state index is 0.148. The van der Waals surface area contributed by atoms with Gasteiger partial charge < -0.3 is 10.4 Å². The molecule has 1 aromatic carbocycles. The fraction of sp³-hybridized carbons (Fsp3) is 0.533. The van der Waals surface area contributed by atoms with Crippen LogP contribution in [0.2, 0.25) is 0 Å². The van der Waals surface area contributed by atoms with Crippen molar-refractivity contribution in [2.24, 2.45) is 0 Å². The molecule has 1 aromatic rings. The van der Waals surface area contributed by atoms with Gasteiger partial charge >= 0.3 is 0 Å². The van der Waals surface area contributed by atoms with Gasteiger partial charge in [0.15, 0.2) is 5.78 Å². The Balaban J connectivity index is 0.00000137. The van der Waals surface area contributed by atoms with Gasteiger partial charge in [0.1, 0.15) is 5.75 Å². The Morgan fingerprint density at radius 3 is 2.44 bits per heavy atom. The summed E-state index contributed by atoms with van der Waals surface area (Å²) in [5.74, 6) is 0.379. The number of phenols is 1. The fourth-order valence-electron chi connectivity index (χ4n) is 1.63. The highest BCUT2D eigenvalue weighted by Gasteiger charge is 2.08. The van der Waals surface area contributed by atoms with Crippen molar-refractivity contribution >= 4 is 5.78 Å². The van der Waals surface area contributed by atoms with Crippen LogP contribution in [0.3, 0.4) is 0 Å². The van der Waals surface area contributed by atoms with Gasteiger partial charge in [-0.15, -0.1) is 0 Å². The molecule has 0 aromatic heterocycles. The van der Waals surface area contributed by atoms with Gasteiger partial charge in [0.25, 0.3) is 0 Å². The monoisotopic (exact) mass is 251 g/mol. The molecule has 0 saturated heterocycles. The average molecular weight is 251 g/mol. The Hall–Kier alpha value is -1.35. The Morgan fingerprint density at radius 2 is 1.89 bits per heavy atom. The molecule has 0 aliphatic carbocycles. The largest absolute Gasteiger partial charge is 0.508 e. The summed E-state index contributed by atoms with van der Waals surface area (Å²) in [5.41, 5.74) is 3.02. The van der Waals surface area contributed by atoms with E-state index in [1.54, 1.807) is 12.1 Å². The molecule has 0 bridgehead atoms. The van der Waals surface area contributed by atoms with Gasteiger partial charge in [0.05, 0.1) is 6.54 Å². The van der Waals surface area contributed by atoms with Gasteiger partial charge in [-0.2, -0.15) is 0 Å². The highest BCUT2D eigenvalue weighted by atomic mass is 16.3. The van der Waals surface area contributed by atoms with Crippen LogP contribution in [0.15, 0.2) is 12.1 Å². The summed E-state index contributed by atoms with van der Waals surface area (Å²) in [5, 5.41) is 12.5. The summed E-state index contributed by atoms with van der Waals surface area (Å²) in [7, 11) is 0. The number of rotatable bonds is 5. The molecule has 0 unspecified atom stereocenters. The molecule has 3 nitrogen and oxygen atoms in total. The predicted octanol–water partition coefficient (Wildman–Crippen LogP) is 2.76. The van der Waals surface area contributed by atoms with Gasteiger partial charge in [0, 0.05) is 6.42 Å². The highest BCUT2D eigenvalue weighted by molar-refractivity contribution is 5.83. The first-order chi connectivity index (χ1) is 8.54. The Bertz CT molecular complexity index is 386. The number of hydrogen-bond donors (Lipinski definition) is 2. The molecule has 102 valence electrons. The van der Waals surface area contributed by atoms with Crippen LogP contribution in [0.5, 0.6) is 5.75 Å².